The van der Waals surface area contributed by atoms with Gasteiger partial charge in [0.2, 0.25) is 0 Å². The van der Waals surface area contributed by atoms with E-state index in [9.17, 15) is 14.9 Å². The number of amides is 2. The van der Waals surface area contributed by atoms with E-state index in [1.54, 1.807) is 37.4 Å². The molecule has 1 fully saturated rings. The fourth-order valence-corrected chi connectivity index (χ4v) is 4.68. The molecular weight excluding hydrogens is 534 g/mol. The van der Waals surface area contributed by atoms with E-state index in [2.05, 4.69) is 6.07 Å². The Balaban J connectivity index is 1.72. The second kappa shape index (κ2) is 12.1. The second-order valence-electron chi connectivity index (χ2n) is 12.3. The maximum atomic E-state index is 13.2. The fourth-order valence-electron chi connectivity index (χ4n) is 4.68. The van der Waals surface area contributed by atoms with Crippen molar-refractivity contribution < 1.29 is 23.8 Å². The summed E-state index contributed by atoms with van der Waals surface area (Å²) in [4.78, 5) is 29.1. The Hall–Kier alpha value is -4.52. The molecule has 42 heavy (non-hydrogen) atoms. The van der Waals surface area contributed by atoms with Gasteiger partial charge in [-0.2, -0.15) is 10.4 Å². The molecule has 1 unspecified atom stereocenters. The highest BCUT2D eigenvalue weighted by Crippen LogP contribution is 2.36. The van der Waals surface area contributed by atoms with Gasteiger partial charge in [0.1, 0.15) is 40.0 Å². The predicted octanol–water partition coefficient (Wildman–Crippen LogP) is 7.16. The molecule has 10 nitrogen and oxygen atoms in total. The number of para-hydroxylation sites is 1. The summed E-state index contributed by atoms with van der Waals surface area (Å²) in [6.07, 6.45) is 0.390. The summed E-state index contributed by atoms with van der Waals surface area (Å²) in [7, 11) is 1.57. The number of carbonyl (C=O) groups excluding carboxylic acids is 2. The molecule has 1 aliphatic heterocycles. The highest BCUT2D eigenvalue weighted by Gasteiger charge is 2.35. The number of aromatic nitrogens is 2. The van der Waals surface area contributed by atoms with E-state index < -0.39 is 23.4 Å². The molecule has 222 valence electrons. The van der Waals surface area contributed by atoms with E-state index >= 15 is 0 Å². The Labute approximate surface area is 247 Å². The topological polar surface area (TPSA) is 110 Å². The van der Waals surface area contributed by atoms with E-state index in [4.69, 9.17) is 19.3 Å². The van der Waals surface area contributed by atoms with Crippen LogP contribution in [0.25, 0.3) is 11.3 Å². The molecule has 0 saturated carbocycles. The molecule has 0 radical (unpaired) electrons. The zero-order valence-corrected chi connectivity index (χ0v) is 25.4. The summed E-state index contributed by atoms with van der Waals surface area (Å²) < 4.78 is 18.9. The molecular formula is C32H39N5O5. The first-order valence-corrected chi connectivity index (χ1v) is 14.1. The number of benzene rings is 2. The van der Waals surface area contributed by atoms with Gasteiger partial charge in [-0.15, -0.1) is 0 Å². The Kier molecular flexibility index (Phi) is 8.81. The number of nitriles is 1. The zero-order chi connectivity index (χ0) is 30.7. The highest BCUT2D eigenvalue weighted by atomic mass is 16.6. The molecule has 1 saturated heterocycles. The van der Waals surface area contributed by atoms with Crippen molar-refractivity contribution in [3.63, 3.8) is 0 Å². The van der Waals surface area contributed by atoms with Crippen molar-refractivity contribution in [2.45, 2.75) is 71.6 Å². The average molecular weight is 574 g/mol. The van der Waals surface area contributed by atoms with Crippen molar-refractivity contribution in [2.75, 3.05) is 25.0 Å². The van der Waals surface area contributed by atoms with Gasteiger partial charge in [-0.3, -0.25) is 4.90 Å². The third-order valence-corrected chi connectivity index (χ3v) is 6.48. The molecule has 2 heterocycles. The zero-order valence-electron chi connectivity index (χ0n) is 25.4. The Morgan fingerprint density at radius 2 is 1.57 bits per heavy atom. The van der Waals surface area contributed by atoms with Crippen LogP contribution in [0, 0.1) is 11.3 Å². The first kappa shape index (κ1) is 30.4. The van der Waals surface area contributed by atoms with Crippen LogP contribution in [-0.2, 0) is 9.47 Å². The summed E-state index contributed by atoms with van der Waals surface area (Å²) >= 11 is 0. The van der Waals surface area contributed by atoms with E-state index in [1.807, 2.05) is 75.4 Å². The van der Waals surface area contributed by atoms with Crippen LogP contribution in [0.2, 0.25) is 0 Å². The number of piperidine rings is 1. The fraction of sp³-hybridized carbons (Fsp3) is 0.438. The van der Waals surface area contributed by atoms with Gasteiger partial charge in [-0.05, 0) is 90.8 Å². The van der Waals surface area contributed by atoms with Crippen LogP contribution in [0.5, 0.6) is 11.5 Å². The van der Waals surface area contributed by atoms with Crippen molar-refractivity contribution in [3.05, 3.63) is 60.2 Å². The summed E-state index contributed by atoms with van der Waals surface area (Å²) in [5.74, 6) is 1.65. The lowest BCUT2D eigenvalue weighted by Gasteiger charge is -2.35. The van der Waals surface area contributed by atoms with Gasteiger partial charge in [0.15, 0.2) is 5.82 Å². The predicted molar refractivity (Wildman–Crippen MR) is 160 cm³/mol. The maximum Gasteiger partial charge on any atom is 0.415 e. The van der Waals surface area contributed by atoms with Crippen molar-refractivity contribution in [2.24, 2.45) is 0 Å². The normalized spacial score (nSPS) is 15.5. The number of ether oxygens (including phenoxy) is 3. The number of hydrogen-bond acceptors (Lipinski definition) is 7. The summed E-state index contributed by atoms with van der Waals surface area (Å²) in [6.45, 7) is 11.7. The molecule has 10 heteroatoms. The molecule has 0 N–H and O–H groups in total. The smallest absolute Gasteiger partial charge is 0.415 e. The van der Waals surface area contributed by atoms with Crippen LogP contribution in [-0.4, -0.2) is 58.2 Å². The number of hydrogen-bond donors (Lipinski definition) is 0. The highest BCUT2D eigenvalue weighted by molar-refractivity contribution is 5.90. The molecule has 1 atom stereocenters. The van der Waals surface area contributed by atoms with Gasteiger partial charge in [0, 0.05) is 25.7 Å². The van der Waals surface area contributed by atoms with Crippen LogP contribution in [0.4, 0.5) is 15.4 Å². The number of likely N-dealkylation sites (tertiary alicyclic amines) is 1. The molecule has 0 bridgehead atoms. The SMILES string of the molecule is CN(C(=O)OC(C)(C)C)c1c(C#N)c(-c2ccc(Oc3ccccc3)cc2)nn1C1CCCN(C(=O)OC(C)(C)C)C1. The quantitative estimate of drug-likeness (QED) is 0.318. The number of nitrogens with zero attached hydrogens (tertiary/aromatic N) is 5. The molecule has 1 aliphatic rings. The first-order valence-electron chi connectivity index (χ1n) is 14.1. The average Bonchev–Trinajstić information content (AvgIpc) is 3.31. The van der Waals surface area contributed by atoms with Gasteiger partial charge in [-0.25, -0.2) is 14.3 Å². The number of carbonyl (C=O) groups is 2. The van der Waals surface area contributed by atoms with Gasteiger partial charge in [-0.1, -0.05) is 18.2 Å². The van der Waals surface area contributed by atoms with Gasteiger partial charge < -0.3 is 19.1 Å². The standard InChI is InChI=1S/C32H39N5O5/c1-31(2,3)41-29(38)35(7)28-26(20-33)27(22-15-17-25(18-16-22)40-24-13-9-8-10-14-24)34-37(28)23-12-11-19-36(21-23)30(39)42-32(4,5)6/h8-10,13-18,23H,11-12,19,21H2,1-7H3. The molecule has 2 aromatic carbocycles. The minimum atomic E-state index is -0.737. The second-order valence-corrected chi connectivity index (χ2v) is 12.3. The monoisotopic (exact) mass is 573 g/mol. The summed E-state index contributed by atoms with van der Waals surface area (Å²) in [5, 5.41) is 15.2. The molecule has 0 spiro atoms. The molecule has 2 amide bonds. The van der Waals surface area contributed by atoms with Crippen LogP contribution in [0.3, 0.4) is 0 Å². The van der Waals surface area contributed by atoms with Crippen molar-refractivity contribution in [1.29, 1.82) is 5.26 Å². The molecule has 1 aromatic heterocycles. The van der Waals surface area contributed by atoms with Crippen LogP contribution >= 0.6 is 0 Å². The largest absolute Gasteiger partial charge is 0.457 e. The lowest BCUT2D eigenvalue weighted by molar-refractivity contribution is 0.0167. The summed E-state index contributed by atoms with van der Waals surface area (Å²) in [6, 6.07) is 18.7. The number of rotatable bonds is 5. The van der Waals surface area contributed by atoms with Gasteiger partial charge in [0.25, 0.3) is 0 Å². The summed E-state index contributed by atoms with van der Waals surface area (Å²) in [5.41, 5.74) is -0.0314. The lowest BCUT2D eigenvalue weighted by Crippen LogP contribution is -2.44. The maximum absolute atomic E-state index is 13.2. The Bertz CT molecular complexity index is 1450. The van der Waals surface area contributed by atoms with Crippen LogP contribution < -0.4 is 9.64 Å². The van der Waals surface area contributed by atoms with Gasteiger partial charge >= 0.3 is 12.2 Å². The van der Waals surface area contributed by atoms with Crippen LogP contribution in [0.15, 0.2) is 54.6 Å². The number of anilines is 1. The van der Waals surface area contributed by atoms with Crippen molar-refractivity contribution in [1.82, 2.24) is 14.7 Å². The van der Waals surface area contributed by atoms with Crippen molar-refractivity contribution >= 4 is 18.0 Å². The third kappa shape index (κ3) is 7.40. The van der Waals surface area contributed by atoms with Crippen molar-refractivity contribution in [3.8, 4) is 28.8 Å². The van der Waals surface area contributed by atoms with E-state index in [-0.39, 0.29) is 11.6 Å². The Morgan fingerprint density at radius 3 is 2.17 bits per heavy atom. The molecule has 3 aromatic rings. The lowest BCUT2D eigenvalue weighted by atomic mass is 10.1. The third-order valence-electron chi connectivity index (χ3n) is 6.48. The van der Waals surface area contributed by atoms with Gasteiger partial charge in [0.05, 0.1) is 6.04 Å². The minimum absolute atomic E-state index is 0.231. The minimum Gasteiger partial charge on any atom is -0.457 e. The van der Waals surface area contributed by atoms with E-state index in [0.717, 1.165) is 0 Å². The van der Waals surface area contributed by atoms with E-state index in [1.165, 1.54) is 4.90 Å². The van der Waals surface area contributed by atoms with Crippen LogP contribution in [0.1, 0.15) is 66.0 Å². The van der Waals surface area contributed by atoms with E-state index in [0.29, 0.717) is 54.5 Å². The Morgan fingerprint density at radius 1 is 0.952 bits per heavy atom. The molecule has 0 aliphatic carbocycles. The molecule has 4 rings (SSSR count). The first-order chi connectivity index (χ1) is 19.8.